The molecule has 0 bridgehead atoms. The smallest absolute Gasteiger partial charge is 0.0547 e. The number of aromatic nitrogens is 1. The second-order valence-electron chi connectivity index (χ2n) is 16.8. The number of fused-ring (bicyclic) bond motifs is 6. The van der Waals surface area contributed by atoms with Crippen LogP contribution < -0.4 is 4.90 Å². The Morgan fingerprint density at radius 1 is 0.561 bits per heavy atom. The molecule has 7 aromatic carbocycles. The number of hydrogen-bond acceptors (Lipinski definition) is 1. The first-order chi connectivity index (χ1) is 27.8. The van der Waals surface area contributed by atoms with Crippen molar-refractivity contribution < 1.29 is 0 Å². The van der Waals surface area contributed by atoms with Gasteiger partial charge in [-0.15, -0.1) is 0 Å². The van der Waals surface area contributed by atoms with Crippen molar-refractivity contribution in [2.45, 2.75) is 52.4 Å². The van der Waals surface area contributed by atoms with Crippen LogP contribution in [0.3, 0.4) is 0 Å². The number of benzene rings is 7. The Morgan fingerprint density at radius 2 is 1.18 bits per heavy atom. The summed E-state index contributed by atoms with van der Waals surface area (Å²) in [5.41, 5.74) is 19.3. The molecule has 1 heterocycles. The van der Waals surface area contributed by atoms with E-state index >= 15 is 0 Å². The first-order valence-corrected chi connectivity index (χ1v) is 20.5. The van der Waals surface area contributed by atoms with E-state index < -0.39 is 0 Å². The van der Waals surface area contributed by atoms with Crippen molar-refractivity contribution in [3.05, 3.63) is 204 Å². The van der Waals surface area contributed by atoms with E-state index in [-0.39, 0.29) is 5.41 Å². The molecule has 278 valence electrons. The quantitative estimate of drug-likeness (QED) is 0.158. The summed E-state index contributed by atoms with van der Waals surface area (Å²) in [5.74, 6) is 0.905. The van der Waals surface area contributed by atoms with E-state index in [1.54, 1.807) is 0 Å². The zero-order valence-corrected chi connectivity index (χ0v) is 33.5. The Kier molecular flexibility index (Phi) is 8.41. The molecule has 57 heavy (non-hydrogen) atoms. The molecule has 0 aliphatic heterocycles. The molecule has 1 aromatic heterocycles. The maximum atomic E-state index is 2.50. The standard InChI is InChI=1S/C55H48N2/c1-36(2)43-21-12-13-22-46(43)44-30-27-38(33-37(44)3)45-24-16-26-53-54(45)49-23-14-15-25-52(49)57(53)42-29-32-48-47-31-28-41(34-50(47)55(4,5)51(48)35-42)56(39-17-8-6-9-18-39)40-19-10-7-11-20-40/h6-32,34-37H,33H2,1-5H3. The molecule has 2 aliphatic rings. The van der Waals surface area contributed by atoms with Crippen LogP contribution in [0.4, 0.5) is 17.1 Å². The van der Waals surface area contributed by atoms with Gasteiger partial charge in [-0.25, -0.2) is 0 Å². The van der Waals surface area contributed by atoms with Crippen LogP contribution in [0.25, 0.3) is 49.8 Å². The van der Waals surface area contributed by atoms with Crippen LogP contribution in [0.1, 0.15) is 74.8 Å². The lowest BCUT2D eigenvalue weighted by Gasteiger charge is -2.28. The van der Waals surface area contributed by atoms with Crippen molar-refractivity contribution in [1.29, 1.82) is 0 Å². The van der Waals surface area contributed by atoms with Gasteiger partial charge in [0.05, 0.1) is 11.0 Å². The second-order valence-corrected chi connectivity index (χ2v) is 16.8. The van der Waals surface area contributed by atoms with Crippen LogP contribution in [-0.4, -0.2) is 4.57 Å². The monoisotopic (exact) mass is 736 g/mol. The summed E-state index contributed by atoms with van der Waals surface area (Å²) in [5, 5.41) is 2.63. The Hall–Kier alpha value is -6.38. The van der Waals surface area contributed by atoms with Crippen molar-refractivity contribution in [3.63, 3.8) is 0 Å². The third-order valence-electron chi connectivity index (χ3n) is 12.6. The molecule has 1 unspecified atom stereocenters. The fourth-order valence-electron chi connectivity index (χ4n) is 9.84. The highest BCUT2D eigenvalue weighted by molar-refractivity contribution is 6.14. The largest absolute Gasteiger partial charge is 0.310 e. The van der Waals surface area contributed by atoms with Crippen molar-refractivity contribution in [2.24, 2.45) is 5.92 Å². The summed E-state index contributed by atoms with van der Waals surface area (Å²) in [6, 6.07) is 60.4. The van der Waals surface area contributed by atoms with Gasteiger partial charge in [0.25, 0.3) is 0 Å². The normalized spacial score (nSPS) is 15.7. The molecule has 0 saturated carbocycles. The molecule has 2 aliphatic carbocycles. The molecule has 0 amide bonds. The minimum atomic E-state index is -0.194. The Morgan fingerprint density at radius 3 is 1.89 bits per heavy atom. The number of nitrogens with zero attached hydrogens (tertiary/aromatic N) is 2. The molecular formula is C55H48N2. The molecule has 0 N–H and O–H groups in total. The highest BCUT2D eigenvalue weighted by Crippen LogP contribution is 2.52. The van der Waals surface area contributed by atoms with Crippen molar-refractivity contribution >= 4 is 50.0 Å². The predicted molar refractivity (Wildman–Crippen MR) is 243 cm³/mol. The average Bonchev–Trinajstić information content (AvgIpc) is 3.69. The van der Waals surface area contributed by atoms with Crippen molar-refractivity contribution in [2.75, 3.05) is 4.90 Å². The van der Waals surface area contributed by atoms with E-state index in [0.29, 0.717) is 11.8 Å². The van der Waals surface area contributed by atoms with E-state index in [1.165, 1.54) is 83.3 Å². The number of para-hydroxylation sites is 3. The molecule has 0 radical (unpaired) electrons. The lowest BCUT2D eigenvalue weighted by atomic mass is 9.79. The summed E-state index contributed by atoms with van der Waals surface area (Å²) >= 11 is 0. The van der Waals surface area contributed by atoms with Crippen LogP contribution in [0.2, 0.25) is 0 Å². The maximum absolute atomic E-state index is 2.50. The summed E-state index contributed by atoms with van der Waals surface area (Å²) < 4.78 is 2.50. The van der Waals surface area contributed by atoms with Gasteiger partial charge in [-0.3, -0.25) is 0 Å². The third-order valence-corrected chi connectivity index (χ3v) is 12.6. The van der Waals surface area contributed by atoms with Gasteiger partial charge in [-0.1, -0.05) is 150 Å². The topological polar surface area (TPSA) is 8.17 Å². The van der Waals surface area contributed by atoms with Crippen LogP contribution in [0.5, 0.6) is 0 Å². The van der Waals surface area contributed by atoms with Crippen LogP contribution >= 0.6 is 0 Å². The van der Waals surface area contributed by atoms with E-state index in [2.05, 4.69) is 220 Å². The van der Waals surface area contributed by atoms with Gasteiger partial charge in [0.15, 0.2) is 0 Å². The first kappa shape index (κ1) is 35.1. The predicted octanol–water partition coefficient (Wildman–Crippen LogP) is 15.2. The third kappa shape index (κ3) is 5.69. The number of anilines is 3. The van der Waals surface area contributed by atoms with Gasteiger partial charge in [0.1, 0.15) is 0 Å². The summed E-state index contributed by atoms with van der Waals surface area (Å²) in [4.78, 5) is 2.37. The Labute approximate surface area is 337 Å². The van der Waals surface area contributed by atoms with Crippen LogP contribution in [-0.2, 0) is 5.41 Å². The van der Waals surface area contributed by atoms with Gasteiger partial charge >= 0.3 is 0 Å². The molecule has 0 spiro atoms. The van der Waals surface area contributed by atoms with Gasteiger partial charge in [-0.2, -0.15) is 0 Å². The minimum absolute atomic E-state index is 0.194. The zero-order valence-electron chi connectivity index (χ0n) is 33.5. The lowest BCUT2D eigenvalue weighted by molar-refractivity contribution is 0.660. The number of allylic oxidation sites excluding steroid dienone is 4. The highest BCUT2D eigenvalue weighted by atomic mass is 15.1. The van der Waals surface area contributed by atoms with Crippen molar-refractivity contribution in [3.8, 4) is 16.8 Å². The molecule has 1 atom stereocenters. The number of hydrogen-bond donors (Lipinski definition) is 0. The van der Waals surface area contributed by atoms with E-state index in [4.69, 9.17) is 0 Å². The van der Waals surface area contributed by atoms with E-state index in [1.807, 2.05) is 0 Å². The molecule has 8 aromatic rings. The Balaban J connectivity index is 1.08. The highest BCUT2D eigenvalue weighted by Gasteiger charge is 2.37. The molecule has 0 fully saturated rings. The summed E-state index contributed by atoms with van der Waals surface area (Å²) in [6.45, 7) is 11.8. The summed E-state index contributed by atoms with van der Waals surface area (Å²) in [7, 11) is 0. The van der Waals surface area contributed by atoms with Crippen molar-refractivity contribution in [1.82, 2.24) is 4.57 Å². The van der Waals surface area contributed by atoms with Gasteiger partial charge < -0.3 is 9.47 Å². The second kappa shape index (κ2) is 13.7. The fourth-order valence-corrected chi connectivity index (χ4v) is 9.84. The number of rotatable bonds is 7. The summed E-state index contributed by atoms with van der Waals surface area (Å²) in [6.07, 6.45) is 5.80. The average molecular weight is 737 g/mol. The molecular weight excluding hydrogens is 689 g/mol. The van der Waals surface area contributed by atoms with Crippen LogP contribution in [0.15, 0.2) is 176 Å². The Bertz CT molecular complexity index is 2850. The molecule has 10 rings (SSSR count). The first-order valence-electron chi connectivity index (χ1n) is 20.5. The lowest BCUT2D eigenvalue weighted by Crippen LogP contribution is -2.17. The molecule has 0 saturated heterocycles. The molecule has 2 nitrogen and oxygen atoms in total. The van der Waals surface area contributed by atoms with E-state index in [9.17, 15) is 0 Å². The minimum Gasteiger partial charge on any atom is -0.310 e. The van der Waals surface area contributed by atoms with Gasteiger partial charge in [-0.05, 0) is 129 Å². The zero-order chi connectivity index (χ0) is 38.8. The van der Waals surface area contributed by atoms with E-state index in [0.717, 1.165) is 17.8 Å². The fraction of sp³-hybridized carbons (Fsp3) is 0.164. The van der Waals surface area contributed by atoms with Crippen LogP contribution in [0, 0.1) is 5.92 Å². The molecule has 2 heteroatoms. The SMILES string of the molecule is CC1CC(c2cccc3c2c2ccccc2n3-c2ccc3c(c2)C(C)(C)c2cc(N(c4ccccc4)c4ccccc4)ccc2-3)=CC=C1c1ccccc1C(C)C. The van der Waals surface area contributed by atoms with Gasteiger partial charge in [0, 0.05) is 38.9 Å². The van der Waals surface area contributed by atoms with Gasteiger partial charge in [0.2, 0.25) is 0 Å². The maximum Gasteiger partial charge on any atom is 0.0547 e.